The van der Waals surface area contributed by atoms with Crippen LogP contribution in [-0.4, -0.2) is 21.2 Å². The molecule has 7 heteroatoms. The van der Waals surface area contributed by atoms with Gasteiger partial charge in [-0.1, -0.05) is 0 Å². The fourth-order valence-electron chi connectivity index (χ4n) is 2.08. The van der Waals surface area contributed by atoms with Crippen LogP contribution in [0, 0.1) is 19.7 Å². The van der Waals surface area contributed by atoms with Crippen molar-refractivity contribution >= 4 is 5.97 Å². The number of H-pyrrole nitrogens is 1. The lowest BCUT2D eigenvalue weighted by molar-refractivity contribution is 0.0438. The summed E-state index contributed by atoms with van der Waals surface area (Å²) in [6.07, 6.45) is 1.37. The number of carbonyl (C=O) groups excluding carboxylic acids is 1. The molecule has 2 heterocycles. The van der Waals surface area contributed by atoms with Crippen LogP contribution in [0.1, 0.15) is 27.7 Å². The van der Waals surface area contributed by atoms with Gasteiger partial charge in [0.15, 0.2) is 6.61 Å². The molecule has 0 radical (unpaired) electrons. The molecule has 3 rings (SSSR count). The Morgan fingerprint density at radius 1 is 1.30 bits per heavy atom. The van der Waals surface area contributed by atoms with Gasteiger partial charge in [0.2, 0.25) is 5.89 Å². The van der Waals surface area contributed by atoms with Crippen molar-refractivity contribution in [1.82, 2.24) is 15.2 Å². The maximum atomic E-state index is 13.0. The topological polar surface area (TPSA) is 81.0 Å². The van der Waals surface area contributed by atoms with E-state index >= 15 is 0 Å². The number of carbonyl (C=O) groups is 1. The number of hydrogen-bond donors (Lipinski definition) is 1. The van der Waals surface area contributed by atoms with E-state index in [1.165, 1.54) is 18.3 Å². The van der Waals surface area contributed by atoms with Crippen LogP contribution in [0.25, 0.3) is 11.3 Å². The van der Waals surface area contributed by atoms with Crippen LogP contribution in [0.3, 0.4) is 0 Å². The number of aromatic amines is 1. The smallest absolute Gasteiger partial charge is 0.342 e. The Bertz CT molecular complexity index is 817. The van der Waals surface area contributed by atoms with Crippen molar-refractivity contribution < 1.29 is 18.3 Å². The molecule has 0 unspecified atom stereocenters. The summed E-state index contributed by atoms with van der Waals surface area (Å²) < 4.78 is 23.5. The van der Waals surface area contributed by atoms with Crippen LogP contribution in [0.15, 0.2) is 34.9 Å². The zero-order valence-electron chi connectivity index (χ0n) is 12.6. The maximum Gasteiger partial charge on any atom is 0.342 e. The third-order valence-electron chi connectivity index (χ3n) is 3.39. The van der Waals surface area contributed by atoms with E-state index in [-0.39, 0.29) is 18.0 Å². The van der Waals surface area contributed by atoms with Gasteiger partial charge in [0.1, 0.15) is 17.1 Å². The van der Waals surface area contributed by atoms with Crippen LogP contribution < -0.4 is 0 Å². The van der Waals surface area contributed by atoms with E-state index in [0.29, 0.717) is 22.9 Å². The van der Waals surface area contributed by atoms with Crippen molar-refractivity contribution in [2.75, 3.05) is 0 Å². The van der Waals surface area contributed by atoms with E-state index in [9.17, 15) is 9.18 Å². The molecular weight excluding hydrogens is 301 g/mol. The second kappa shape index (κ2) is 6.04. The molecule has 0 bridgehead atoms. The summed E-state index contributed by atoms with van der Waals surface area (Å²) in [5.41, 5.74) is 2.12. The first-order valence-corrected chi connectivity index (χ1v) is 6.94. The monoisotopic (exact) mass is 315 g/mol. The summed E-state index contributed by atoms with van der Waals surface area (Å²) in [5, 5.41) is 6.58. The Labute approximate surface area is 131 Å². The number of oxazole rings is 1. The first-order chi connectivity index (χ1) is 11.0. The Balaban J connectivity index is 1.75. The fraction of sp³-hybridized carbons (Fsp3) is 0.188. The zero-order chi connectivity index (χ0) is 16.4. The maximum absolute atomic E-state index is 13.0. The number of halogens is 1. The van der Waals surface area contributed by atoms with Gasteiger partial charge in [-0.25, -0.2) is 14.2 Å². The van der Waals surface area contributed by atoms with Gasteiger partial charge in [-0.2, -0.15) is 5.10 Å². The predicted molar refractivity (Wildman–Crippen MR) is 79.1 cm³/mol. The number of esters is 1. The molecule has 0 saturated carbocycles. The molecule has 118 valence electrons. The summed E-state index contributed by atoms with van der Waals surface area (Å²) in [5.74, 6) is 0.102. The van der Waals surface area contributed by atoms with Crippen molar-refractivity contribution in [1.29, 1.82) is 0 Å². The van der Waals surface area contributed by atoms with Gasteiger partial charge in [-0.05, 0) is 38.1 Å². The van der Waals surface area contributed by atoms with E-state index in [4.69, 9.17) is 9.15 Å². The average Bonchev–Trinajstić information content (AvgIpc) is 3.13. The van der Waals surface area contributed by atoms with Crippen LogP contribution in [-0.2, 0) is 11.3 Å². The van der Waals surface area contributed by atoms with Crippen LogP contribution in [0.2, 0.25) is 0 Å². The number of aryl methyl sites for hydroxylation is 2. The molecule has 1 aromatic carbocycles. The van der Waals surface area contributed by atoms with E-state index in [1.54, 1.807) is 19.1 Å². The lowest BCUT2D eigenvalue weighted by atomic mass is 10.1. The van der Waals surface area contributed by atoms with Crippen LogP contribution >= 0.6 is 0 Å². The molecule has 0 aliphatic carbocycles. The highest BCUT2D eigenvalue weighted by Crippen LogP contribution is 2.22. The number of nitrogens with zero attached hydrogens (tertiary/aromatic N) is 2. The Morgan fingerprint density at radius 2 is 2.04 bits per heavy atom. The molecule has 0 atom stereocenters. The Kier molecular flexibility index (Phi) is 3.92. The number of aromatic nitrogens is 3. The lowest BCUT2D eigenvalue weighted by Crippen LogP contribution is -2.06. The Morgan fingerprint density at radius 3 is 2.70 bits per heavy atom. The Hall–Kier alpha value is -2.96. The van der Waals surface area contributed by atoms with Crippen molar-refractivity contribution in [2.24, 2.45) is 0 Å². The normalized spacial score (nSPS) is 10.7. The molecule has 1 N–H and O–H groups in total. The summed E-state index contributed by atoms with van der Waals surface area (Å²) in [6.45, 7) is 3.53. The molecule has 0 amide bonds. The van der Waals surface area contributed by atoms with E-state index in [0.717, 1.165) is 5.69 Å². The van der Waals surface area contributed by atoms with Gasteiger partial charge in [0.05, 0.1) is 17.6 Å². The largest absolute Gasteiger partial charge is 0.452 e. The molecule has 0 saturated heterocycles. The minimum Gasteiger partial charge on any atom is -0.452 e. The van der Waals surface area contributed by atoms with E-state index in [1.807, 2.05) is 6.92 Å². The van der Waals surface area contributed by atoms with Gasteiger partial charge < -0.3 is 9.15 Å². The lowest BCUT2D eigenvalue weighted by Gasteiger charge is -2.04. The van der Waals surface area contributed by atoms with E-state index in [2.05, 4.69) is 15.2 Å². The second-order valence-electron chi connectivity index (χ2n) is 4.99. The number of ether oxygens (including phenoxy) is 1. The first kappa shape index (κ1) is 15.0. The predicted octanol–water partition coefficient (Wildman–Crippen LogP) is 3.18. The molecule has 0 aliphatic rings. The molecular formula is C16H14FN3O3. The van der Waals surface area contributed by atoms with Crippen molar-refractivity contribution in [3.63, 3.8) is 0 Å². The number of hydrogen-bond acceptors (Lipinski definition) is 5. The third kappa shape index (κ3) is 3.13. The summed E-state index contributed by atoms with van der Waals surface area (Å²) >= 11 is 0. The molecule has 0 fully saturated rings. The molecule has 2 aromatic heterocycles. The average molecular weight is 315 g/mol. The van der Waals surface area contributed by atoms with Gasteiger partial charge in [-0.15, -0.1) is 0 Å². The standard InChI is InChI=1S/C16H14FN3O3/c1-9-10(2)23-14(19-9)8-22-16(21)13-7-18-20-15(13)11-3-5-12(17)6-4-11/h3-7H,8H2,1-2H3,(H,18,20). The zero-order valence-corrected chi connectivity index (χ0v) is 12.6. The highest BCUT2D eigenvalue weighted by atomic mass is 19.1. The number of benzene rings is 1. The van der Waals surface area contributed by atoms with Crippen molar-refractivity contribution in [2.45, 2.75) is 20.5 Å². The minimum absolute atomic E-state index is 0.0679. The van der Waals surface area contributed by atoms with Gasteiger partial charge in [-0.3, -0.25) is 5.10 Å². The summed E-state index contributed by atoms with van der Waals surface area (Å²) in [7, 11) is 0. The third-order valence-corrected chi connectivity index (χ3v) is 3.39. The first-order valence-electron chi connectivity index (χ1n) is 6.94. The van der Waals surface area contributed by atoms with Gasteiger partial charge in [0.25, 0.3) is 0 Å². The number of rotatable bonds is 4. The van der Waals surface area contributed by atoms with Crippen LogP contribution in [0.4, 0.5) is 4.39 Å². The molecule has 3 aromatic rings. The summed E-state index contributed by atoms with van der Waals surface area (Å²) in [4.78, 5) is 16.4. The molecule has 6 nitrogen and oxygen atoms in total. The molecule has 0 spiro atoms. The summed E-state index contributed by atoms with van der Waals surface area (Å²) in [6, 6.07) is 5.73. The fourth-order valence-corrected chi connectivity index (χ4v) is 2.08. The van der Waals surface area contributed by atoms with Crippen LogP contribution in [0.5, 0.6) is 0 Å². The van der Waals surface area contributed by atoms with Crippen molar-refractivity contribution in [3.8, 4) is 11.3 Å². The second-order valence-corrected chi connectivity index (χ2v) is 4.99. The van der Waals surface area contributed by atoms with Crippen molar-refractivity contribution in [3.05, 3.63) is 59.2 Å². The van der Waals surface area contributed by atoms with E-state index < -0.39 is 5.97 Å². The molecule has 0 aliphatic heterocycles. The van der Waals surface area contributed by atoms with Gasteiger partial charge >= 0.3 is 5.97 Å². The quantitative estimate of drug-likeness (QED) is 0.748. The SMILES string of the molecule is Cc1nc(COC(=O)c2cn[nH]c2-c2ccc(F)cc2)oc1C. The molecule has 23 heavy (non-hydrogen) atoms. The highest BCUT2D eigenvalue weighted by molar-refractivity contribution is 5.95. The van der Waals surface area contributed by atoms with Gasteiger partial charge in [0, 0.05) is 5.56 Å². The number of nitrogens with one attached hydrogen (secondary N) is 1. The highest BCUT2D eigenvalue weighted by Gasteiger charge is 2.18. The minimum atomic E-state index is -0.563.